The molecule has 0 saturated carbocycles. The van der Waals surface area contributed by atoms with Gasteiger partial charge in [0.2, 0.25) is 0 Å². The minimum atomic E-state index is -0.169. The highest BCUT2D eigenvalue weighted by Gasteiger charge is 2.17. The number of Topliss-reactive ketones (excluding diaryl/α,β-unsaturated/α-hetero) is 1. The molecule has 0 bridgehead atoms. The Bertz CT molecular complexity index is 1600. The van der Waals surface area contributed by atoms with E-state index in [-0.39, 0.29) is 18.0 Å². The van der Waals surface area contributed by atoms with Gasteiger partial charge in [-0.2, -0.15) is 0 Å². The van der Waals surface area contributed by atoms with Crippen LogP contribution in [0.5, 0.6) is 0 Å². The van der Waals surface area contributed by atoms with Crippen LogP contribution in [0.2, 0.25) is 10.2 Å². The molecule has 37 heavy (non-hydrogen) atoms. The maximum absolute atomic E-state index is 13.1. The molecule has 1 aromatic carbocycles. The molecule has 5 rings (SSSR count). The summed E-state index contributed by atoms with van der Waals surface area (Å²) in [6.45, 7) is 4.19. The van der Waals surface area contributed by atoms with Gasteiger partial charge in [0.25, 0.3) is 0 Å². The maximum Gasteiger partial charge on any atom is 0.200 e. The molecule has 5 aromatic rings. The predicted octanol–water partition coefficient (Wildman–Crippen LogP) is 6.43. The molecule has 0 amide bonds. The Hall–Kier alpha value is -3.88. The van der Waals surface area contributed by atoms with Crippen LogP contribution in [0, 0.1) is 13.8 Å². The van der Waals surface area contributed by atoms with Crippen LogP contribution in [0.1, 0.15) is 39.6 Å². The van der Waals surface area contributed by atoms with E-state index >= 15 is 0 Å². The maximum atomic E-state index is 13.1. The van der Waals surface area contributed by atoms with Gasteiger partial charge in [0.15, 0.2) is 11.6 Å². The van der Waals surface area contributed by atoms with Crippen molar-refractivity contribution in [3.8, 4) is 11.1 Å². The van der Waals surface area contributed by atoms with Gasteiger partial charge in [-0.3, -0.25) is 9.78 Å². The van der Waals surface area contributed by atoms with Crippen LogP contribution in [0.4, 0.5) is 5.82 Å². The van der Waals surface area contributed by atoms with Gasteiger partial charge in [-0.25, -0.2) is 15.0 Å². The number of fused-ring (bicyclic) bond motifs is 1. The highest BCUT2D eigenvalue weighted by Crippen LogP contribution is 2.32. The molecule has 0 fully saturated rings. The molecule has 0 spiro atoms. The smallest absolute Gasteiger partial charge is 0.200 e. The molecule has 0 unspecified atom stereocenters. The monoisotopic (exact) mass is 532 g/mol. The molecule has 0 saturated heterocycles. The topological polar surface area (TPSA) is 107 Å². The number of anilines is 1. The first kappa shape index (κ1) is 24.8. The number of halogens is 2. The van der Waals surface area contributed by atoms with Crippen LogP contribution in [0.3, 0.4) is 0 Å². The molecule has 0 aliphatic heterocycles. The number of nitrogens with zero attached hydrogens (tertiary/aromatic N) is 5. The third-order valence-corrected chi connectivity index (χ3v) is 6.33. The molecule has 4 aromatic heterocycles. The fraction of sp³-hybridized carbons (Fsp3) is 0.185. The van der Waals surface area contributed by atoms with E-state index in [1.165, 1.54) is 0 Å². The first-order valence-electron chi connectivity index (χ1n) is 11.6. The zero-order valence-electron chi connectivity index (χ0n) is 20.1. The summed E-state index contributed by atoms with van der Waals surface area (Å²) in [5, 5.41) is 9.11. The standard InChI is InChI=1S/C27H22Cl2N6O2/c1-15-25(16(2)37-35-15)19-4-5-22-21(11-19)26(32-13-18-9-20(28)14-30-12-18)34-27(33-22)23(36)6-3-17-7-8-31-24(29)10-17/h4-5,7-12,14H,3,6,13H2,1-2H3,(H,32,33,34). The van der Waals surface area contributed by atoms with Gasteiger partial charge in [0, 0.05) is 42.5 Å². The second-order valence-electron chi connectivity index (χ2n) is 8.60. The van der Waals surface area contributed by atoms with Gasteiger partial charge in [-0.05, 0) is 67.3 Å². The second-order valence-corrected chi connectivity index (χ2v) is 9.43. The average molecular weight is 533 g/mol. The normalized spacial score (nSPS) is 11.1. The molecule has 10 heteroatoms. The minimum Gasteiger partial charge on any atom is -0.365 e. The van der Waals surface area contributed by atoms with E-state index in [0.717, 1.165) is 39.1 Å². The number of benzene rings is 1. The lowest BCUT2D eigenvalue weighted by atomic mass is 10.0. The van der Waals surface area contributed by atoms with Crippen molar-refractivity contribution in [3.63, 3.8) is 0 Å². The number of hydrogen-bond donors (Lipinski definition) is 1. The van der Waals surface area contributed by atoms with E-state index in [2.05, 4.69) is 30.4 Å². The van der Waals surface area contributed by atoms with E-state index in [4.69, 9.17) is 27.7 Å². The molecule has 0 atom stereocenters. The SMILES string of the molecule is Cc1noc(C)c1-c1ccc2nc(C(=O)CCc3ccnc(Cl)c3)nc(NCc3cncc(Cl)c3)c2c1. The van der Waals surface area contributed by atoms with Gasteiger partial charge in [-0.1, -0.05) is 34.4 Å². The van der Waals surface area contributed by atoms with Crippen LogP contribution in [0.15, 0.2) is 59.5 Å². The highest BCUT2D eigenvalue weighted by molar-refractivity contribution is 6.30. The minimum absolute atomic E-state index is 0.143. The van der Waals surface area contributed by atoms with E-state index < -0.39 is 0 Å². The predicted molar refractivity (Wildman–Crippen MR) is 143 cm³/mol. The largest absolute Gasteiger partial charge is 0.365 e. The third-order valence-electron chi connectivity index (χ3n) is 5.92. The van der Waals surface area contributed by atoms with Crippen LogP contribution in [-0.2, 0) is 13.0 Å². The number of rotatable bonds is 8. The van der Waals surface area contributed by atoms with Crippen molar-refractivity contribution in [2.75, 3.05) is 5.32 Å². The Morgan fingerprint density at radius 1 is 1.03 bits per heavy atom. The number of ketones is 1. The van der Waals surface area contributed by atoms with Crippen molar-refractivity contribution in [1.29, 1.82) is 0 Å². The number of hydrogen-bond acceptors (Lipinski definition) is 8. The number of carbonyl (C=O) groups is 1. The Kier molecular flexibility index (Phi) is 7.12. The van der Waals surface area contributed by atoms with Crippen molar-refractivity contribution in [1.82, 2.24) is 25.1 Å². The molecular formula is C27H22Cl2N6O2. The van der Waals surface area contributed by atoms with Gasteiger partial charge >= 0.3 is 0 Å². The summed E-state index contributed by atoms with van der Waals surface area (Å²) in [5.41, 5.74) is 5.08. The first-order chi connectivity index (χ1) is 17.9. The fourth-order valence-corrected chi connectivity index (χ4v) is 4.54. The average Bonchev–Trinajstić information content (AvgIpc) is 3.23. The van der Waals surface area contributed by atoms with Gasteiger partial charge in [0.1, 0.15) is 16.7 Å². The molecule has 4 heterocycles. The summed E-state index contributed by atoms with van der Waals surface area (Å²) in [6, 6.07) is 11.2. The van der Waals surface area contributed by atoms with Crippen molar-refractivity contribution < 1.29 is 9.32 Å². The fourth-order valence-electron chi connectivity index (χ4n) is 4.14. The van der Waals surface area contributed by atoms with Crippen LogP contribution >= 0.6 is 23.2 Å². The zero-order valence-corrected chi connectivity index (χ0v) is 21.6. The molecule has 0 aliphatic rings. The lowest BCUT2D eigenvalue weighted by Crippen LogP contribution is -2.11. The van der Waals surface area contributed by atoms with E-state index in [0.29, 0.717) is 34.5 Å². The molecular weight excluding hydrogens is 511 g/mol. The van der Waals surface area contributed by atoms with E-state index in [1.807, 2.05) is 44.2 Å². The quantitative estimate of drug-likeness (QED) is 0.180. The van der Waals surface area contributed by atoms with Crippen LogP contribution in [0.25, 0.3) is 22.0 Å². The van der Waals surface area contributed by atoms with Crippen LogP contribution in [-0.4, -0.2) is 30.9 Å². The highest BCUT2D eigenvalue weighted by atomic mass is 35.5. The summed E-state index contributed by atoms with van der Waals surface area (Å²) in [5.74, 6) is 1.23. The van der Waals surface area contributed by atoms with Crippen molar-refractivity contribution in [2.45, 2.75) is 33.2 Å². The summed E-state index contributed by atoms with van der Waals surface area (Å²) in [6.07, 6.45) is 5.67. The number of carbonyl (C=O) groups excluding carboxylic acids is 1. The zero-order chi connectivity index (χ0) is 25.9. The molecule has 186 valence electrons. The molecule has 8 nitrogen and oxygen atoms in total. The number of aryl methyl sites for hydroxylation is 3. The Morgan fingerprint density at radius 3 is 2.65 bits per heavy atom. The number of aromatic nitrogens is 5. The molecule has 1 N–H and O–H groups in total. The lowest BCUT2D eigenvalue weighted by Gasteiger charge is -2.12. The third kappa shape index (κ3) is 5.60. The first-order valence-corrected chi connectivity index (χ1v) is 12.3. The van der Waals surface area contributed by atoms with Gasteiger partial charge in [0.05, 0.1) is 16.2 Å². The van der Waals surface area contributed by atoms with Crippen molar-refractivity contribution >= 4 is 45.7 Å². The van der Waals surface area contributed by atoms with E-state index in [1.54, 1.807) is 24.7 Å². The second kappa shape index (κ2) is 10.6. The van der Waals surface area contributed by atoms with E-state index in [9.17, 15) is 4.79 Å². The summed E-state index contributed by atoms with van der Waals surface area (Å²) < 4.78 is 5.36. The molecule has 0 aliphatic carbocycles. The number of nitrogens with one attached hydrogen (secondary N) is 1. The number of pyridine rings is 2. The molecule has 0 radical (unpaired) electrons. The van der Waals surface area contributed by atoms with Crippen molar-refractivity contribution in [3.05, 3.63) is 93.6 Å². The summed E-state index contributed by atoms with van der Waals surface area (Å²) >= 11 is 12.1. The van der Waals surface area contributed by atoms with Gasteiger partial charge < -0.3 is 9.84 Å². The lowest BCUT2D eigenvalue weighted by molar-refractivity contribution is 0.0973. The Morgan fingerprint density at radius 2 is 1.89 bits per heavy atom. The Balaban J connectivity index is 1.50. The Labute approximate surface area is 223 Å². The van der Waals surface area contributed by atoms with Crippen molar-refractivity contribution in [2.24, 2.45) is 0 Å². The van der Waals surface area contributed by atoms with Crippen LogP contribution < -0.4 is 5.32 Å². The summed E-state index contributed by atoms with van der Waals surface area (Å²) in [4.78, 5) is 30.5. The summed E-state index contributed by atoms with van der Waals surface area (Å²) in [7, 11) is 0. The van der Waals surface area contributed by atoms with Gasteiger partial charge in [-0.15, -0.1) is 0 Å².